The molecule has 1 heterocycles. The Labute approximate surface area is 52.9 Å². The number of thioether (sulfide) groups is 1. The van der Waals surface area contributed by atoms with E-state index in [1.807, 2.05) is 6.54 Å². The Morgan fingerprint density at radius 1 is 1.86 bits per heavy atom. The summed E-state index contributed by atoms with van der Waals surface area (Å²) in [6.07, 6.45) is 0. The Morgan fingerprint density at radius 3 is 3.00 bits per heavy atom. The van der Waals surface area contributed by atoms with E-state index in [1.54, 1.807) is 11.8 Å². The highest BCUT2D eigenvalue weighted by Gasteiger charge is 2.02. The zero-order valence-corrected chi connectivity index (χ0v) is 5.44. The maximum absolute atomic E-state index is 4.89. The van der Waals surface area contributed by atoms with Crippen LogP contribution in [0.2, 0.25) is 0 Å². The molecule has 1 nitrogen and oxygen atoms in total. The SMILES string of the molecule is S=C1CN[CH]CS1. The number of nitrogens with one attached hydrogen (secondary N) is 1. The lowest BCUT2D eigenvalue weighted by Gasteiger charge is -2.09. The van der Waals surface area contributed by atoms with E-state index < -0.39 is 0 Å². The summed E-state index contributed by atoms with van der Waals surface area (Å²) in [6, 6.07) is 0. The first kappa shape index (κ1) is 5.54. The van der Waals surface area contributed by atoms with Crippen molar-refractivity contribution in [2.45, 2.75) is 0 Å². The quantitative estimate of drug-likeness (QED) is 0.490. The fraction of sp³-hybridized carbons (Fsp3) is 0.500. The maximum Gasteiger partial charge on any atom is 0.0617 e. The summed E-state index contributed by atoms with van der Waals surface area (Å²) in [5.41, 5.74) is 0. The summed E-state index contributed by atoms with van der Waals surface area (Å²) >= 11 is 6.62. The summed E-state index contributed by atoms with van der Waals surface area (Å²) < 4.78 is 1.07. The van der Waals surface area contributed by atoms with Gasteiger partial charge in [0.25, 0.3) is 0 Å². The molecule has 1 saturated heterocycles. The van der Waals surface area contributed by atoms with Crippen molar-refractivity contribution >= 4 is 28.2 Å². The molecule has 1 aliphatic heterocycles. The lowest BCUT2D eigenvalue weighted by atomic mass is 10.6. The van der Waals surface area contributed by atoms with Crippen LogP contribution in [0.4, 0.5) is 0 Å². The lowest BCUT2D eigenvalue weighted by molar-refractivity contribution is 0.931. The molecule has 1 fully saturated rings. The van der Waals surface area contributed by atoms with Crippen molar-refractivity contribution in [3.8, 4) is 0 Å². The van der Waals surface area contributed by atoms with E-state index >= 15 is 0 Å². The van der Waals surface area contributed by atoms with E-state index in [0.29, 0.717) is 0 Å². The van der Waals surface area contributed by atoms with Gasteiger partial charge < -0.3 is 5.32 Å². The number of thiocarbonyl (C=S) groups is 1. The smallest absolute Gasteiger partial charge is 0.0617 e. The Hall–Kier alpha value is 0.400. The number of hydrogen-bond acceptors (Lipinski definition) is 3. The summed E-state index contributed by atoms with van der Waals surface area (Å²) in [7, 11) is 0. The van der Waals surface area contributed by atoms with Crippen LogP contribution in [0.1, 0.15) is 0 Å². The highest BCUT2D eigenvalue weighted by Crippen LogP contribution is 2.07. The van der Waals surface area contributed by atoms with Gasteiger partial charge in [-0.05, 0) is 0 Å². The Bertz CT molecular complexity index is 73.8. The molecule has 39 valence electrons. The second-order valence-electron chi connectivity index (χ2n) is 1.27. The average Bonchev–Trinajstić information content (AvgIpc) is 1.69. The van der Waals surface area contributed by atoms with E-state index in [1.165, 1.54) is 0 Å². The van der Waals surface area contributed by atoms with Crippen molar-refractivity contribution in [2.24, 2.45) is 0 Å². The predicted molar refractivity (Wildman–Crippen MR) is 37.4 cm³/mol. The van der Waals surface area contributed by atoms with Gasteiger partial charge in [-0.3, -0.25) is 0 Å². The summed E-state index contributed by atoms with van der Waals surface area (Å²) in [5.74, 6) is 1.03. The van der Waals surface area contributed by atoms with Crippen molar-refractivity contribution in [3.63, 3.8) is 0 Å². The van der Waals surface area contributed by atoms with Crippen molar-refractivity contribution in [1.82, 2.24) is 5.32 Å². The van der Waals surface area contributed by atoms with E-state index in [9.17, 15) is 0 Å². The topological polar surface area (TPSA) is 12.0 Å². The van der Waals surface area contributed by atoms with Gasteiger partial charge in [0.1, 0.15) is 0 Å². The molecule has 0 aromatic carbocycles. The van der Waals surface area contributed by atoms with Gasteiger partial charge in [-0.25, -0.2) is 0 Å². The highest BCUT2D eigenvalue weighted by molar-refractivity contribution is 8.23. The third kappa shape index (κ3) is 1.76. The van der Waals surface area contributed by atoms with E-state index in [2.05, 4.69) is 5.32 Å². The second kappa shape index (κ2) is 2.64. The first-order valence-corrected chi connectivity index (χ1v) is 3.49. The molecule has 1 aliphatic rings. The first-order chi connectivity index (χ1) is 3.39. The largest absolute Gasteiger partial charge is 0.306 e. The maximum atomic E-state index is 4.89. The molecular formula is C4H6NS2. The van der Waals surface area contributed by atoms with Crippen LogP contribution in [0.15, 0.2) is 0 Å². The van der Waals surface area contributed by atoms with Crippen molar-refractivity contribution in [3.05, 3.63) is 6.54 Å². The molecule has 0 spiro atoms. The van der Waals surface area contributed by atoms with E-state index in [4.69, 9.17) is 12.2 Å². The second-order valence-corrected chi connectivity index (χ2v) is 3.13. The van der Waals surface area contributed by atoms with Crippen LogP contribution >= 0.6 is 24.0 Å². The molecule has 1 radical (unpaired) electrons. The van der Waals surface area contributed by atoms with Gasteiger partial charge in [-0.2, -0.15) is 0 Å². The van der Waals surface area contributed by atoms with Gasteiger partial charge in [0.15, 0.2) is 0 Å². The molecular weight excluding hydrogens is 126 g/mol. The molecule has 0 bridgehead atoms. The molecule has 3 heteroatoms. The molecule has 0 aromatic rings. The summed E-state index contributed by atoms with van der Waals surface area (Å²) in [4.78, 5) is 0. The molecule has 0 amide bonds. The van der Waals surface area contributed by atoms with Crippen LogP contribution in [0, 0.1) is 6.54 Å². The summed E-state index contributed by atoms with van der Waals surface area (Å²) in [6.45, 7) is 2.90. The van der Waals surface area contributed by atoms with Crippen LogP contribution in [-0.2, 0) is 0 Å². The normalized spacial score (nSPS) is 22.6. The van der Waals surface area contributed by atoms with Crippen molar-refractivity contribution < 1.29 is 0 Å². The molecule has 7 heavy (non-hydrogen) atoms. The van der Waals surface area contributed by atoms with Gasteiger partial charge in [0.2, 0.25) is 0 Å². The van der Waals surface area contributed by atoms with Gasteiger partial charge >= 0.3 is 0 Å². The standard InChI is InChI=1S/C4H6NS2/c6-4-3-5-1-2-7-4/h1,5H,2-3H2. The predicted octanol–water partition coefficient (Wildman–Crippen LogP) is 0.812. The zero-order chi connectivity index (χ0) is 5.11. The van der Waals surface area contributed by atoms with Crippen LogP contribution in [0.25, 0.3) is 0 Å². The Kier molecular flexibility index (Phi) is 2.09. The van der Waals surface area contributed by atoms with Crippen molar-refractivity contribution in [1.29, 1.82) is 0 Å². The van der Waals surface area contributed by atoms with Crippen LogP contribution in [-0.4, -0.2) is 16.5 Å². The fourth-order valence-electron chi connectivity index (χ4n) is 0.400. The van der Waals surface area contributed by atoms with E-state index in [-0.39, 0.29) is 0 Å². The lowest BCUT2D eigenvalue weighted by Crippen LogP contribution is -2.23. The Balaban J connectivity index is 2.25. The minimum atomic E-state index is 0.875. The fourth-order valence-corrected chi connectivity index (χ4v) is 1.26. The number of rotatable bonds is 0. The van der Waals surface area contributed by atoms with Crippen LogP contribution in [0.5, 0.6) is 0 Å². The van der Waals surface area contributed by atoms with Gasteiger partial charge in [-0.1, -0.05) is 12.2 Å². The minimum Gasteiger partial charge on any atom is -0.306 e. The minimum absolute atomic E-state index is 0.875. The van der Waals surface area contributed by atoms with Gasteiger partial charge in [0, 0.05) is 18.8 Å². The third-order valence-electron chi connectivity index (χ3n) is 0.718. The van der Waals surface area contributed by atoms with Crippen LogP contribution < -0.4 is 5.32 Å². The monoisotopic (exact) mass is 132 g/mol. The molecule has 0 saturated carbocycles. The third-order valence-corrected chi connectivity index (χ3v) is 2.02. The molecule has 0 aliphatic carbocycles. The average molecular weight is 132 g/mol. The van der Waals surface area contributed by atoms with Crippen molar-refractivity contribution in [2.75, 3.05) is 12.3 Å². The number of hydrogen-bond donors (Lipinski definition) is 1. The molecule has 0 atom stereocenters. The highest BCUT2D eigenvalue weighted by atomic mass is 32.2. The molecule has 0 unspecified atom stereocenters. The zero-order valence-electron chi connectivity index (χ0n) is 3.81. The van der Waals surface area contributed by atoms with E-state index in [0.717, 1.165) is 16.5 Å². The van der Waals surface area contributed by atoms with Crippen LogP contribution in [0.3, 0.4) is 0 Å². The van der Waals surface area contributed by atoms with Gasteiger partial charge in [0.05, 0.1) is 4.20 Å². The molecule has 1 N–H and O–H groups in total. The Morgan fingerprint density at radius 2 is 2.71 bits per heavy atom. The van der Waals surface area contributed by atoms with Gasteiger partial charge in [-0.15, -0.1) is 11.8 Å². The molecule has 1 rings (SSSR count). The first-order valence-electron chi connectivity index (χ1n) is 2.10. The molecule has 0 aromatic heterocycles. The summed E-state index contributed by atoms with van der Waals surface area (Å²) in [5, 5.41) is 3.05.